The second-order valence-electron chi connectivity index (χ2n) is 2.04. The SMILES string of the molecule is Cc1ccc(CBr)nc1F. The molecular weight excluding hydrogens is 197 g/mol. The number of alkyl halides is 1. The average Bonchev–Trinajstić information content (AvgIpc) is 1.95. The molecule has 0 aliphatic carbocycles. The average molecular weight is 204 g/mol. The van der Waals surface area contributed by atoms with Gasteiger partial charge in [0, 0.05) is 10.9 Å². The largest absolute Gasteiger partial charge is 0.224 e. The molecule has 1 heterocycles. The molecular formula is C7H7BrFN. The van der Waals surface area contributed by atoms with Crippen LogP contribution in [0.4, 0.5) is 4.39 Å². The molecule has 0 aliphatic rings. The van der Waals surface area contributed by atoms with Crippen LogP contribution >= 0.6 is 15.9 Å². The maximum Gasteiger partial charge on any atom is 0.216 e. The quantitative estimate of drug-likeness (QED) is 0.505. The van der Waals surface area contributed by atoms with Gasteiger partial charge in [-0.1, -0.05) is 22.0 Å². The van der Waals surface area contributed by atoms with Crippen molar-refractivity contribution in [2.24, 2.45) is 0 Å². The second kappa shape index (κ2) is 3.10. The van der Waals surface area contributed by atoms with Crippen LogP contribution < -0.4 is 0 Å². The Morgan fingerprint density at radius 2 is 2.30 bits per heavy atom. The lowest BCUT2D eigenvalue weighted by Gasteiger charge is -1.96. The zero-order valence-electron chi connectivity index (χ0n) is 5.56. The van der Waals surface area contributed by atoms with E-state index in [1.54, 1.807) is 19.1 Å². The monoisotopic (exact) mass is 203 g/mol. The molecule has 0 radical (unpaired) electrons. The number of hydrogen-bond donors (Lipinski definition) is 0. The van der Waals surface area contributed by atoms with E-state index < -0.39 is 0 Å². The predicted octanol–water partition coefficient (Wildman–Crippen LogP) is 2.42. The topological polar surface area (TPSA) is 12.9 Å². The summed E-state index contributed by atoms with van der Waals surface area (Å²) in [5, 5.41) is 0.601. The van der Waals surface area contributed by atoms with E-state index >= 15 is 0 Å². The second-order valence-corrected chi connectivity index (χ2v) is 2.60. The summed E-state index contributed by atoms with van der Waals surface area (Å²) in [6.07, 6.45) is 0. The number of aromatic nitrogens is 1. The maximum absolute atomic E-state index is 12.6. The fraction of sp³-hybridized carbons (Fsp3) is 0.286. The van der Waals surface area contributed by atoms with Crippen LogP contribution in [-0.4, -0.2) is 4.98 Å². The highest BCUT2D eigenvalue weighted by molar-refractivity contribution is 9.08. The van der Waals surface area contributed by atoms with Gasteiger partial charge in [0.25, 0.3) is 0 Å². The Bertz CT molecular complexity index is 237. The van der Waals surface area contributed by atoms with Gasteiger partial charge in [-0.25, -0.2) is 4.98 Å². The molecule has 1 rings (SSSR count). The zero-order valence-corrected chi connectivity index (χ0v) is 7.15. The van der Waals surface area contributed by atoms with Gasteiger partial charge < -0.3 is 0 Å². The van der Waals surface area contributed by atoms with Crippen molar-refractivity contribution in [1.82, 2.24) is 4.98 Å². The van der Waals surface area contributed by atoms with Crippen molar-refractivity contribution in [3.8, 4) is 0 Å². The first-order valence-electron chi connectivity index (χ1n) is 2.92. The van der Waals surface area contributed by atoms with Crippen molar-refractivity contribution in [1.29, 1.82) is 0 Å². The Morgan fingerprint density at radius 3 is 2.80 bits per heavy atom. The van der Waals surface area contributed by atoms with E-state index in [-0.39, 0.29) is 5.95 Å². The summed E-state index contributed by atoms with van der Waals surface area (Å²) in [4.78, 5) is 3.68. The lowest BCUT2D eigenvalue weighted by atomic mass is 10.3. The van der Waals surface area contributed by atoms with Gasteiger partial charge in [0.15, 0.2) is 0 Å². The highest BCUT2D eigenvalue weighted by atomic mass is 79.9. The number of rotatable bonds is 1. The van der Waals surface area contributed by atoms with Crippen molar-refractivity contribution in [2.45, 2.75) is 12.3 Å². The van der Waals surface area contributed by atoms with Gasteiger partial charge in [0.2, 0.25) is 5.95 Å². The molecule has 0 amide bonds. The summed E-state index contributed by atoms with van der Waals surface area (Å²) in [7, 11) is 0. The minimum Gasteiger partial charge on any atom is -0.224 e. The summed E-state index contributed by atoms with van der Waals surface area (Å²) in [5.41, 5.74) is 1.31. The van der Waals surface area contributed by atoms with Gasteiger partial charge in [-0.2, -0.15) is 4.39 Å². The van der Waals surface area contributed by atoms with Gasteiger partial charge in [-0.3, -0.25) is 0 Å². The molecule has 0 saturated carbocycles. The highest BCUT2D eigenvalue weighted by Gasteiger charge is 1.98. The molecule has 0 unspecified atom stereocenters. The van der Waals surface area contributed by atoms with Crippen molar-refractivity contribution >= 4 is 15.9 Å². The normalized spacial score (nSPS) is 9.90. The Hall–Kier alpha value is -0.440. The van der Waals surface area contributed by atoms with E-state index in [0.717, 1.165) is 5.69 Å². The third-order valence-electron chi connectivity index (χ3n) is 1.23. The predicted molar refractivity (Wildman–Crippen MR) is 41.6 cm³/mol. The number of aryl methyl sites for hydroxylation is 1. The van der Waals surface area contributed by atoms with Crippen LogP contribution in [0.1, 0.15) is 11.3 Å². The molecule has 0 spiro atoms. The first-order chi connectivity index (χ1) is 4.74. The minimum atomic E-state index is -0.378. The lowest BCUT2D eigenvalue weighted by Crippen LogP contribution is -1.91. The minimum absolute atomic E-state index is 0.378. The summed E-state index contributed by atoms with van der Waals surface area (Å²) in [6.45, 7) is 1.69. The number of nitrogens with zero attached hydrogens (tertiary/aromatic N) is 1. The molecule has 1 nitrogen and oxygen atoms in total. The maximum atomic E-state index is 12.6. The summed E-state index contributed by atoms with van der Waals surface area (Å²) in [5.74, 6) is -0.378. The van der Waals surface area contributed by atoms with E-state index in [0.29, 0.717) is 10.9 Å². The van der Waals surface area contributed by atoms with Crippen LogP contribution in [0, 0.1) is 12.9 Å². The Balaban J connectivity index is 3.04. The molecule has 0 saturated heterocycles. The van der Waals surface area contributed by atoms with E-state index in [4.69, 9.17) is 0 Å². The molecule has 54 valence electrons. The molecule has 1 aromatic rings. The van der Waals surface area contributed by atoms with Gasteiger partial charge >= 0.3 is 0 Å². The Morgan fingerprint density at radius 1 is 1.60 bits per heavy atom. The molecule has 0 aromatic carbocycles. The van der Waals surface area contributed by atoms with Gasteiger partial charge in [-0.15, -0.1) is 0 Å². The van der Waals surface area contributed by atoms with Crippen molar-refractivity contribution < 1.29 is 4.39 Å². The van der Waals surface area contributed by atoms with E-state index in [9.17, 15) is 4.39 Å². The summed E-state index contributed by atoms with van der Waals surface area (Å²) >= 11 is 3.19. The van der Waals surface area contributed by atoms with Gasteiger partial charge in [0.1, 0.15) is 0 Å². The number of hydrogen-bond acceptors (Lipinski definition) is 1. The highest BCUT2D eigenvalue weighted by Crippen LogP contribution is 2.06. The number of pyridine rings is 1. The van der Waals surface area contributed by atoms with Crippen molar-refractivity contribution in [3.63, 3.8) is 0 Å². The van der Waals surface area contributed by atoms with Crippen LogP contribution in [0.15, 0.2) is 12.1 Å². The smallest absolute Gasteiger partial charge is 0.216 e. The van der Waals surface area contributed by atoms with E-state index in [1.165, 1.54) is 0 Å². The van der Waals surface area contributed by atoms with Gasteiger partial charge in [0.05, 0.1) is 5.69 Å². The lowest BCUT2D eigenvalue weighted by molar-refractivity contribution is 0.570. The molecule has 1 aromatic heterocycles. The Kier molecular flexibility index (Phi) is 2.38. The third kappa shape index (κ3) is 1.53. The van der Waals surface area contributed by atoms with Crippen LogP contribution in [0.3, 0.4) is 0 Å². The first kappa shape index (κ1) is 7.66. The standard InChI is InChI=1S/C7H7BrFN/c1-5-2-3-6(4-8)10-7(5)9/h2-3H,4H2,1H3. The zero-order chi connectivity index (χ0) is 7.56. The van der Waals surface area contributed by atoms with E-state index in [1.807, 2.05) is 0 Å². The van der Waals surface area contributed by atoms with Crippen molar-refractivity contribution in [3.05, 3.63) is 29.3 Å². The summed E-state index contributed by atoms with van der Waals surface area (Å²) < 4.78 is 12.6. The molecule has 0 bridgehead atoms. The van der Waals surface area contributed by atoms with Crippen molar-refractivity contribution in [2.75, 3.05) is 0 Å². The van der Waals surface area contributed by atoms with Crippen LogP contribution in [0.2, 0.25) is 0 Å². The summed E-state index contributed by atoms with van der Waals surface area (Å²) in [6, 6.07) is 3.52. The molecule has 0 atom stereocenters. The molecule has 10 heavy (non-hydrogen) atoms. The molecule has 0 fully saturated rings. The fourth-order valence-corrected chi connectivity index (χ4v) is 0.928. The fourth-order valence-electron chi connectivity index (χ4n) is 0.616. The molecule has 3 heteroatoms. The Labute approximate surface area is 67.4 Å². The number of halogens is 2. The van der Waals surface area contributed by atoms with Gasteiger partial charge in [-0.05, 0) is 13.0 Å². The van der Waals surface area contributed by atoms with Crippen LogP contribution in [0.5, 0.6) is 0 Å². The molecule has 0 N–H and O–H groups in total. The molecule has 0 aliphatic heterocycles. The first-order valence-corrected chi connectivity index (χ1v) is 4.04. The van der Waals surface area contributed by atoms with Crippen LogP contribution in [-0.2, 0) is 5.33 Å². The van der Waals surface area contributed by atoms with Crippen LogP contribution in [0.25, 0.3) is 0 Å². The third-order valence-corrected chi connectivity index (χ3v) is 1.80. The van der Waals surface area contributed by atoms with E-state index in [2.05, 4.69) is 20.9 Å².